The Balaban J connectivity index is 2.30. The number of thiazole rings is 1. The van der Waals surface area contributed by atoms with Crippen molar-refractivity contribution >= 4 is 22.9 Å². The van der Waals surface area contributed by atoms with Crippen LogP contribution >= 0.6 is 22.9 Å². The molecule has 0 aliphatic carbocycles. The maximum Gasteiger partial charge on any atom is 0.123 e. The molecule has 0 saturated carbocycles. The van der Waals surface area contributed by atoms with Crippen molar-refractivity contribution in [1.29, 1.82) is 0 Å². The quantitative estimate of drug-likeness (QED) is 0.832. The number of rotatable bonds is 5. The summed E-state index contributed by atoms with van der Waals surface area (Å²) in [6, 6.07) is 8.38. The summed E-state index contributed by atoms with van der Waals surface area (Å²) in [6.45, 7) is 9.60. The van der Waals surface area contributed by atoms with E-state index in [0.29, 0.717) is 12.0 Å². The minimum absolute atomic E-state index is 0.441. The van der Waals surface area contributed by atoms with Crippen LogP contribution in [0.5, 0.6) is 0 Å². The first-order valence-corrected chi connectivity index (χ1v) is 8.15. The summed E-state index contributed by atoms with van der Waals surface area (Å²) < 4.78 is 0. The molecule has 0 atom stereocenters. The molecule has 1 aromatic heterocycles. The van der Waals surface area contributed by atoms with Crippen molar-refractivity contribution in [1.82, 2.24) is 10.3 Å². The number of hydrogen-bond donors (Lipinski definition) is 1. The molecular formula is C16H21ClN2S. The molecule has 0 aliphatic rings. The van der Waals surface area contributed by atoms with Gasteiger partial charge in [0.2, 0.25) is 0 Å². The van der Waals surface area contributed by atoms with Crippen molar-refractivity contribution < 1.29 is 0 Å². The van der Waals surface area contributed by atoms with Crippen LogP contribution in [0.2, 0.25) is 5.02 Å². The van der Waals surface area contributed by atoms with E-state index in [1.807, 2.05) is 24.3 Å². The molecule has 1 aromatic carbocycles. The SMILES string of the molecule is CC(C)NCc1sc(-c2ccc(Cl)cc2)nc1C(C)C. The molecule has 1 heterocycles. The van der Waals surface area contributed by atoms with Gasteiger partial charge in [0.05, 0.1) is 5.69 Å². The first-order chi connectivity index (χ1) is 9.47. The van der Waals surface area contributed by atoms with Crippen LogP contribution in [0.15, 0.2) is 24.3 Å². The number of benzene rings is 1. The van der Waals surface area contributed by atoms with E-state index in [9.17, 15) is 0 Å². The Bertz CT molecular complexity index is 558. The fourth-order valence-corrected chi connectivity index (χ4v) is 3.25. The monoisotopic (exact) mass is 308 g/mol. The largest absolute Gasteiger partial charge is 0.310 e. The van der Waals surface area contributed by atoms with Crippen LogP contribution in [0.25, 0.3) is 10.6 Å². The van der Waals surface area contributed by atoms with Gasteiger partial charge in [-0.1, -0.05) is 51.4 Å². The molecule has 0 amide bonds. The molecule has 1 N–H and O–H groups in total. The minimum Gasteiger partial charge on any atom is -0.310 e. The molecule has 2 rings (SSSR count). The highest BCUT2D eigenvalue weighted by Gasteiger charge is 2.15. The van der Waals surface area contributed by atoms with Gasteiger partial charge in [-0.2, -0.15) is 0 Å². The van der Waals surface area contributed by atoms with Crippen LogP contribution in [0, 0.1) is 0 Å². The Kier molecular flexibility index (Phi) is 5.19. The van der Waals surface area contributed by atoms with Gasteiger partial charge in [0.25, 0.3) is 0 Å². The second-order valence-corrected chi connectivity index (χ2v) is 7.04. The summed E-state index contributed by atoms with van der Waals surface area (Å²) in [7, 11) is 0. The Hall–Kier alpha value is -0.900. The normalized spacial score (nSPS) is 11.6. The van der Waals surface area contributed by atoms with Crippen LogP contribution in [0.4, 0.5) is 0 Å². The van der Waals surface area contributed by atoms with E-state index >= 15 is 0 Å². The maximum absolute atomic E-state index is 5.94. The number of halogens is 1. The summed E-state index contributed by atoms with van der Waals surface area (Å²) in [4.78, 5) is 6.16. The van der Waals surface area contributed by atoms with Crippen LogP contribution in [0.1, 0.15) is 44.2 Å². The lowest BCUT2D eigenvalue weighted by atomic mass is 10.1. The molecule has 4 heteroatoms. The highest BCUT2D eigenvalue weighted by atomic mass is 35.5. The van der Waals surface area contributed by atoms with Crippen LogP contribution in [0.3, 0.4) is 0 Å². The molecule has 2 aromatic rings. The highest BCUT2D eigenvalue weighted by molar-refractivity contribution is 7.15. The van der Waals surface area contributed by atoms with E-state index in [1.165, 1.54) is 10.6 Å². The molecule has 0 unspecified atom stereocenters. The van der Waals surface area contributed by atoms with Crippen LogP contribution in [-0.4, -0.2) is 11.0 Å². The second-order valence-electron chi connectivity index (χ2n) is 5.52. The third-order valence-corrected chi connectivity index (χ3v) is 4.41. The third kappa shape index (κ3) is 3.81. The first-order valence-electron chi connectivity index (χ1n) is 6.96. The lowest BCUT2D eigenvalue weighted by Gasteiger charge is -2.09. The highest BCUT2D eigenvalue weighted by Crippen LogP contribution is 2.32. The third-order valence-electron chi connectivity index (χ3n) is 3.04. The molecule has 2 nitrogen and oxygen atoms in total. The summed E-state index contributed by atoms with van der Waals surface area (Å²) in [5.41, 5.74) is 2.34. The summed E-state index contributed by atoms with van der Waals surface area (Å²) in [5.74, 6) is 0.441. The molecule has 0 spiro atoms. The summed E-state index contributed by atoms with van der Waals surface area (Å²) >= 11 is 7.72. The summed E-state index contributed by atoms with van der Waals surface area (Å²) in [5, 5.41) is 5.32. The van der Waals surface area contributed by atoms with Crippen molar-refractivity contribution in [2.24, 2.45) is 0 Å². The van der Waals surface area contributed by atoms with Crippen LogP contribution in [-0.2, 0) is 6.54 Å². The maximum atomic E-state index is 5.94. The standard InChI is InChI=1S/C16H21ClN2S/c1-10(2)15-14(9-18-11(3)4)20-16(19-15)12-5-7-13(17)8-6-12/h5-8,10-11,18H,9H2,1-4H3. The van der Waals surface area contributed by atoms with Crippen molar-refractivity contribution in [3.8, 4) is 10.6 Å². The minimum atomic E-state index is 0.441. The molecule has 0 saturated heterocycles. The van der Waals surface area contributed by atoms with Crippen molar-refractivity contribution in [3.63, 3.8) is 0 Å². The second kappa shape index (κ2) is 6.70. The average molecular weight is 309 g/mol. The summed E-state index contributed by atoms with van der Waals surface area (Å²) in [6.07, 6.45) is 0. The molecular weight excluding hydrogens is 288 g/mol. The topological polar surface area (TPSA) is 24.9 Å². The molecule has 20 heavy (non-hydrogen) atoms. The van der Waals surface area contributed by atoms with E-state index in [0.717, 1.165) is 22.1 Å². The Morgan fingerprint density at radius 2 is 1.80 bits per heavy atom. The van der Waals surface area contributed by atoms with Gasteiger partial charge in [-0.25, -0.2) is 4.98 Å². The lowest BCUT2D eigenvalue weighted by Crippen LogP contribution is -2.22. The van der Waals surface area contributed by atoms with Crippen molar-refractivity contribution in [2.45, 2.75) is 46.2 Å². The van der Waals surface area contributed by atoms with Gasteiger partial charge < -0.3 is 5.32 Å². The predicted molar refractivity (Wildman–Crippen MR) is 88.6 cm³/mol. The van der Waals surface area contributed by atoms with E-state index in [-0.39, 0.29) is 0 Å². The van der Waals surface area contributed by atoms with E-state index < -0.39 is 0 Å². The van der Waals surface area contributed by atoms with Gasteiger partial charge in [0.15, 0.2) is 0 Å². The first kappa shape index (κ1) is 15.5. The van der Waals surface area contributed by atoms with Crippen LogP contribution < -0.4 is 5.32 Å². The number of nitrogens with zero attached hydrogens (tertiary/aromatic N) is 1. The van der Waals surface area contributed by atoms with Gasteiger partial charge in [0.1, 0.15) is 5.01 Å². The molecule has 108 valence electrons. The zero-order valence-electron chi connectivity index (χ0n) is 12.4. The number of hydrogen-bond acceptors (Lipinski definition) is 3. The zero-order chi connectivity index (χ0) is 14.7. The molecule has 0 radical (unpaired) electrons. The van der Waals surface area contributed by atoms with Gasteiger partial charge in [0, 0.05) is 28.0 Å². The molecule has 0 aliphatic heterocycles. The van der Waals surface area contributed by atoms with E-state index in [4.69, 9.17) is 16.6 Å². The fourth-order valence-electron chi connectivity index (χ4n) is 1.95. The van der Waals surface area contributed by atoms with Gasteiger partial charge in [-0.15, -0.1) is 11.3 Å². The number of aromatic nitrogens is 1. The fraction of sp³-hybridized carbons (Fsp3) is 0.438. The van der Waals surface area contributed by atoms with Gasteiger partial charge in [-0.3, -0.25) is 0 Å². The average Bonchev–Trinajstić information content (AvgIpc) is 2.81. The Morgan fingerprint density at radius 3 is 2.35 bits per heavy atom. The predicted octanol–water partition coefficient (Wildman–Crippen LogP) is 5.08. The van der Waals surface area contributed by atoms with Gasteiger partial charge >= 0.3 is 0 Å². The van der Waals surface area contributed by atoms with Crippen molar-refractivity contribution in [3.05, 3.63) is 39.9 Å². The smallest absolute Gasteiger partial charge is 0.123 e. The Morgan fingerprint density at radius 1 is 1.15 bits per heavy atom. The van der Waals surface area contributed by atoms with E-state index in [1.54, 1.807) is 11.3 Å². The number of nitrogens with one attached hydrogen (secondary N) is 1. The molecule has 0 bridgehead atoms. The van der Waals surface area contributed by atoms with Crippen molar-refractivity contribution in [2.75, 3.05) is 0 Å². The van der Waals surface area contributed by atoms with E-state index in [2.05, 4.69) is 33.0 Å². The lowest BCUT2D eigenvalue weighted by molar-refractivity contribution is 0.588. The Labute approximate surface area is 130 Å². The van der Waals surface area contributed by atoms with Gasteiger partial charge in [-0.05, 0) is 18.1 Å². The zero-order valence-corrected chi connectivity index (χ0v) is 14.0. The molecule has 0 fully saturated rings.